The minimum atomic E-state index is -0.662. The fourth-order valence-corrected chi connectivity index (χ4v) is 1.75. The second-order valence-electron chi connectivity index (χ2n) is 6.01. The summed E-state index contributed by atoms with van der Waals surface area (Å²) >= 11 is 0. The van der Waals surface area contributed by atoms with E-state index in [1.807, 2.05) is 42.5 Å². The van der Waals surface area contributed by atoms with Crippen molar-refractivity contribution in [1.82, 2.24) is 5.48 Å². The molecule has 114 valence electrons. The first-order valence-corrected chi connectivity index (χ1v) is 7.05. The van der Waals surface area contributed by atoms with Gasteiger partial charge in [-0.3, -0.25) is 4.79 Å². The number of hydrogen-bond acceptors (Lipinski definition) is 3. The molecule has 0 aliphatic carbocycles. The highest BCUT2D eigenvalue weighted by molar-refractivity contribution is 5.94. The van der Waals surface area contributed by atoms with Crippen LogP contribution in [0.1, 0.15) is 31.1 Å². The zero-order chi connectivity index (χ0) is 16.2. The molecule has 0 aliphatic rings. The van der Waals surface area contributed by atoms with Crippen LogP contribution in [-0.4, -0.2) is 11.9 Å². The Labute approximate surface area is 130 Å². The third-order valence-corrected chi connectivity index (χ3v) is 3.10. The van der Waals surface area contributed by atoms with Gasteiger partial charge in [0.2, 0.25) is 0 Å². The summed E-state index contributed by atoms with van der Waals surface area (Å²) in [7, 11) is 0. The van der Waals surface area contributed by atoms with E-state index in [0.29, 0.717) is 5.56 Å². The summed E-state index contributed by atoms with van der Waals surface area (Å²) in [5.41, 5.74) is 4.04. The summed E-state index contributed by atoms with van der Waals surface area (Å²) in [6.45, 7) is 5.16. The van der Waals surface area contributed by atoms with Crippen LogP contribution in [0.2, 0.25) is 0 Å². The highest BCUT2D eigenvalue weighted by Gasteiger charge is 2.24. The summed E-state index contributed by atoms with van der Waals surface area (Å²) in [6.07, 6.45) is 0. The van der Waals surface area contributed by atoms with E-state index in [4.69, 9.17) is 4.84 Å². The van der Waals surface area contributed by atoms with Gasteiger partial charge in [0.1, 0.15) is 0 Å². The summed E-state index contributed by atoms with van der Waals surface area (Å²) in [5.74, 6) is -0.932. The molecule has 0 unspecified atom stereocenters. The first-order valence-electron chi connectivity index (χ1n) is 7.05. The molecule has 0 atom stereocenters. The molecule has 2 aromatic rings. The first kappa shape index (κ1) is 15.8. The van der Waals surface area contributed by atoms with E-state index in [1.165, 1.54) is 0 Å². The van der Waals surface area contributed by atoms with Crippen molar-refractivity contribution in [3.05, 3.63) is 60.2 Å². The second kappa shape index (κ2) is 6.43. The maximum atomic E-state index is 11.9. The lowest BCUT2D eigenvalue weighted by Crippen LogP contribution is -2.33. The van der Waals surface area contributed by atoms with Crippen LogP contribution in [-0.2, 0) is 9.63 Å². The Morgan fingerprint density at radius 1 is 0.864 bits per heavy atom. The Balaban J connectivity index is 2.02. The van der Waals surface area contributed by atoms with Crippen LogP contribution < -0.4 is 5.48 Å². The number of hydrogen-bond donors (Lipinski definition) is 1. The van der Waals surface area contributed by atoms with E-state index in [9.17, 15) is 9.59 Å². The van der Waals surface area contributed by atoms with Crippen molar-refractivity contribution in [2.75, 3.05) is 0 Å². The first-order chi connectivity index (χ1) is 10.4. The number of amides is 1. The number of carbonyl (C=O) groups is 2. The average molecular weight is 297 g/mol. The highest BCUT2D eigenvalue weighted by atomic mass is 16.7. The van der Waals surface area contributed by atoms with Gasteiger partial charge in [-0.25, -0.2) is 4.79 Å². The molecule has 22 heavy (non-hydrogen) atoms. The minimum absolute atomic E-state index is 0.432. The van der Waals surface area contributed by atoms with Crippen LogP contribution >= 0.6 is 0 Å². The molecule has 4 heteroatoms. The lowest BCUT2D eigenvalue weighted by atomic mass is 9.98. The second-order valence-corrected chi connectivity index (χ2v) is 6.01. The fraction of sp³-hybridized carbons (Fsp3) is 0.222. The van der Waals surface area contributed by atoms with E-state index >= 15 is 0 Å². The van der Waals surface area contributed by atoms with Gasteiger partial charge in [0.05, 0.1) is 5.41 Å². The van der Waals surface area contributed by atoms with Crippen molar-refractivity contribution in [3.63, 3.8) is 0 Å². The van der Waals surface area contributed by atoms with Crippen LogP contribution in [0.15, 0.2) is 54.6 Å². The van der Waals surface area contributed by atoms with Gasteiger partial charge in [0.25, 0.3) is 5.91 Å². The van der Waals surface area contributed by atoms with Crippen molar-refractivity contribution in [2.24, 2.45) is 5.41 Å². The molecule has 1 amide bonds. The van der Waals surface area contributed by atoms with Crippen LogP contribution in [0.3, 0.4) is 0 Å². The largest absolute Gasteiger partial charge is 0.340 e. The average Bonchev–Trinajstić information content (AvgIpc) is 2.52. The van der Waals surface area contributed by atoms with E-state index in [1.54, 1.807) is 32.9 Å². The van der Waals surface area contributed by atoms with E-state index in [-0.39, 0.29) is 0 Å². The molecule has 0 radical (unpaired) electrons. The van der Waals surface area contributed by atoms with E-state index < -0.39 is 17.3 Å². The summed E-state index contributed by atoms with van der Waals surface area (Å²) < 4.78 is 0. The number of hydroxylamine groups is 1. The number of rotatable bonds is 2. The smallest absolute Gasteiger partial charge is 0.337 e. The third-order valence-electron chi connectivity index (χ3n) is 3.10. The molecular formula is C18H19NO3. The SMILES string of the molecule is CC(C)(C)C(=O)ONC(=O)c1ccc(-c2ccccc2)cc1. The van der Waals surface area contributed by atoms with Gasteiger partial charge in [-0.15, -0.1) is 0 Å². The van der Waals surface area contributed by atoms with Crippen molar-refractivity contribution in [2.45, 2.75) is 20.8 Å². The van der Waals surface area contributed by atoms with Gasteiger partial charge < -0.3 is 4.84 Å². The molecule has 1 N–H and O–H groups in total. The quantitative estimate of drug-likeness (QED) is 0.862. The number of carbonyl (C=O) groups excluding carboxylic acids is 2. The maximum absolute atomic E-state index is 11.9. The number of benzene rings is 2. The Kier molecular flexibility index (Phi) is 4.61. The lowest BCUT2D eigenvalue weighted by molar-refractivity contribution is -0.158. The van der Waals surface area contributed by atoms with Crippen molar-refractivity contribution in [3.8, 4) is 11.1 Å². The lowest BCUT2D eigenvalue weighted by Gasteiger charge is -2.15. The van der Waals surface area contributed by atoms with Crippen molar-refractivity contribution < 1.29 is 14.4 Å². The fourth-order valence-electron chi connectivity index (χ4n) is 1.75. The Morgan fingerprint density at radius 3 is 1.95 bits per heavy atom. The molecule has 0 fully saturated rings. The van der Waals surface area contributed by atoms with Crippen LogP contribution in [0.4, 0.5) is 0 Å². The van der Waals surface area contributed by atoms with Gasteiger partial charge in [-0.05, 0) is 44.0 Å². The van der Waals surface area contributed by atoms with Gasteiger partial charge in [0, 0.05) is 5.56 Å². The normalized spacial score (nSPS) is 10.9. The number of nitrogens with one attached hydrogen (secondary N) is 1. The molecule has 0 saturated heterocycles. The van der Waals surface area contributed by atoms with E-state index in [0.717, 1.165) is 11.1 Å². The van der Waals surface area contributed by atoms with E-state index in [2.05, 4.69) is 5.48 Å². The molecule has 2 aromatic carbocycles. The Hall–Kier alpha value is -2.62. The monoisotopic (exact) mass is 297 g/mol. The molecule has 0 aliphatic heterocycles. The zero-order valence-electron chi connectivity index (χ0n) is 12.9. The van der Waals surface area contributed by atoms with Crippen molar-refractivity contribution >= 4 is 11.9 Å². The molecule has 0 spiro atoms. The van der Waals surface area contributed by atoms with Gasteiger partial charge >= 0.3 is 5.97 Å². The topological polar surface area (TPSA) is 55.4 Å². The van der Waals surface area contributed by atoms with Crippen molar-refractivity contribution in [1.29, 1.82) is 0 Å². The Morgan fingerprint density at radius 2 is 1.41 bits per heavy atom. The molecule has 0 aromatic heterocycles. The predicted octanol–water partition coefficient (Wildman–Crippen LogP) is 3.59. The standard InChI is InChI=1S/C18H19NO3/c1-18(2,3)17(21)22-19-16(20)15-11-9-14(10-12-15)13-7-5-4-6-8-13/h4-12H,1-3H3,(H,19,20). The molecule has 0 heterocycles. The summed E-state index contributed by atoms with van der Waals surface area (Å²) in [4.78, 5) is 28.3. The highest BCUT2D eigenvalue weighted by Crippen LogP contribution is 2.19. The van der Waals surface area contributed by atoms with Crippen LogP contribution in [0.5, 0.6) is 0 Å². The van der Waals surface area contributed by atoms with Gasteiger partial charge in [0.15, 0.2) is 0 Å². The Bertz CT molecular complexity index is 655. The molecule has 0 saturated carbocycles. The van der Waals surface area contributed by atoms with Crippen LogP contribution in [0.25, 0.3) is 11.1 Å². The van der Waals surface area contributed by atoms with Gasteiger partial charge in [-0.2, -0.15) is 5.48 Å². The molecule has 0 bridgehead atoms. The predicted molar refractivity (Wildman–Crippen MR) is 84.9 cm³/mol. The van der Waals surface area contributed by atoms with Crippen LogP contribution in [0, 0.1) is 5.41 Å². The maximum Gasteiger partial charge on any atom is 0.337 e. The summed E-state index contributed by atoms with van der Waals surface area (Å²) in [5, 5.41) is 0. The molecule has 2 rings (SSSR count). The van der Waals surface area contributed by atoms with Gasteiger partial charge in [-0.1, -0.05) is 42.5 Å². The summed E-state index contributed by atoms with van der Waals surface area (Å²) in [6, 6.07) is 17.0. The minimum Gasteiger partial charge on any atom is -0.340 e. The molecular weight excluding hydrogens is 278 g/mol. The molecule has 4 nitrogen and oxygen atoms in total. The zero-order valence-corrected chi connectivity index (χ0v) is 12.9. The third kappa shape index (κ3) is 3.95.